The van der Waals surface area contributed by atoms with Crippen LogP contribution in [0.4, 0.5) is 5.69 Å². The van der Waals surface area contributed by atoms with E-state index in [4.69, 9.17) is 28.9 Å². The van der Waals surface area contributed by atoms with Crippen LogP contribution >= 0.6 is 23.2 Å². The molecule has 1 saturated carbocycles. The van der Waals surface area contributed by atoms with Crippen LogP contribution in [0.3, 0.4) is 0 Å². The zero-order valence-corrected chi connectivity index (χ0v) is 11.5. The van der Waals surface area contributed by atoms with Crippen LogP contribution in [0.2, 0.25) is 10.0 Å². The SMILES string of the molecule is CN(C1CC1)S(=O)(=O)c1ccc(Cl)c(N)c1Cl. The first-order valence-electron chi connectivity index (χ1n) is 5.07. The second kappa shape index (κ2) is 4.31. The summed E-state index contributed by atoms with van der Waals surface area (Å²) in [6.07, 6.45) is 1.77. The highest BCUT2D eigenvalue weighted by Gasteiger charge is 2.36. The van der Waals surface area contributed by atoms with E-state index in [1.807, 2.05) is 0 Å². The highest BCUT2D eigenvalue weighted by atomic mass is 35.5. The van der Waals surface area contributed by atoms with Gasteiger partial charge >= 0.3 is 0 Å². The summed E-state index contributed by atoms with van der Waals surface area (Å²) in [4.78, 5) is 0.00969. The number of nitrogen functional groups attached to an aromatic ring is 1. The Bertz CT molecular complexity index is 556. The normalized spacial score (nSPS) is 16.5. The summed E-state index contributed by atoms with van der Waals surface area (Å²) in [5.41, 5.74) is 5.72. The molecule has 1 aliphatic rings. The lowest BCUT2D eigenvalue weighted by atomic mass is 10.3. The lowest BCUT2D eigenvalue weighted by molar-refractivity contribution is 0.464. The third kappa shape index (κ3) is 2.25. The van der Waals surface area contributed by atoms with E-state index < -0.39 is 10.0 Å². The third-order valence-electron chi connectivity index (χ3n) is 2.81. The van der Waals surface area contributed by atoms with Gasteiger partial charge in [-0.25, -0.2) is 8.42 Å². The van der Waals surface area contributed by atoms with E-state index >= 15 is 0 Å². The summed E-state index contributed by atoms with van der Waals surface area (Å²) in [5.74, 6) is 0. The summed E-state index contributed by atoms with van der Waals surface area (Å²) in [6, 6.07) is 2.90. The van der Waals surface area contributed by atoms with E-state index in [0.717, 1.165) is 12.8 Å². The van der Waals surface area contributed by atoms with Crippen molar-refractivity contribution < 1.29 is 8.42 Å². The van der Waals surface area contributed by atoms with Crippen molar-refractivity contribution in [3.63, 3.8) is 0 Å². The van der Waals surface area contributed by atoms with E-state index in [1.54, 1.807) is 7.05 Å². The number of sulfonamides is 1. The second-order valence-electron chi connectivity index (χ2n) is 4.03. The molecule has 0 heterocycles. The number of benzene rings is 1. The number of nitrogens with two attached hydrogens (primary N) is 1. The Labute approximate surface area is 110 Å². The van der Waals surface area contributed by atoms with Crippen molar-refractivity contribution in [2.24, 2.45) is 0 Å². The van der Waals surface area contributed by atoms with Crippen LogP contribution in [0, 0.1) is 0 Å². The molecule has 1 fully saturated rings. The fourth-order valence-corrected chi connectivity index (χ4v) is 3.69. The summed E-state index contributed by atoms with van der Waals surface area (Å²) in [6.45, 7) is 0. The van der Waals surface area contributed by atoms with Crippen molar-refractivity contribution in [2.45, 2.75) is 23.8 Å². The van der Waals surface area contributed by atoms with E-state index in [1.165, 1.54) is 16.4 Å². The molecule has 7 heteroatoms. The molecule has 0 spiro atoms. The third-order valence-corrected chi connectivity index (χ3v) is 5.61. The van der Waals surface area contributed by atoms with Gasteiger partial charge in [-0.3, -0.25) is 0 Å². The van der Waals surface area contributed by atoms with Gasteiger partial charge in [-0.1, -0.05) is 23.2 Å². The minimum absolute atomic E-state index is 0.00926. The van der Waals surface area contributed by atoms with Crippen LogP contribution in [-0.2, 0) is 10.0 Å². The Hall–Kier alpha value is -0.490. The monoisotopic (exact) mass is 294 g/mol. The quantitative estimate of drug-likeness (QED) is 0.871. The molecule has 0 amide bonds. The molecule has 94 valence electrons. The molecule has 1 aromatic rings. The standard InChI is InChI=1S/C10H12Cl2N2O2S/c1-14(6-2-3-6)17(15,16)8-5-4-7(11)10(13)9(8)12/h4-6H,2-3,13H2,1H3. The average molecular weight is 295 g/mol. The number of hydrogen-bond acceptors (Lipinski definition) is 3. The highest BCUT2D eigenvalue weighted by Crippen LogP contribution is 2.37. The molecular weight excluding hydrogens is 283 g/mol. The highest BCUT2D eigenvalue weighted by molar-refractivity contribution is 7.89. The van der Waals surface area contributed by atoms with Gasteiger partial charge in [0.2, 0.25) is 10.0 Å². The maximum absolute atomic E-state index is 12.2. The Kier molecular flexibility index (Phi) is 3.29. The first-order chi connectivity index (χ1) is 7.85. The summed E-state index contributed by atoms with van der Waals surface area (Å²) in [5, 5.41) is 0.244. The predicted octanol–water partition coefficient (Wildman–Crippen LogP) is 2.36. The van der Waals surface area contributed by atoms with Crippen LogP contribution in [0.1, 0.15) is 12.8 Å². The van der Waals surface area contributed by atoms with E-state index in [0.29, 0.717) is 0 Å². The van der Waals surface area contributed by atoms with Crippen molar-refractivity contribution in [2.75, 3.05) is 12.8 Å². The van der Waals surface area contributed by atoms with Gasteiger partial charge in [0.1, 0.15) is 4.90 Å². The molecule has 0 radical (unpaired) electrons. The molecule has 4 nitrogen and oxygen atoms in total. The molecule has 1 aliphatic carbocycles. The van der Waals surface area contributed by atoms with Crippen molar-refractivity contribution in [1.82, 2.24) is 4.31 Å². The molecule has 0 atom stereocenters. The first kappa shape index (κ1) is 13.0. The van der Waals surface area contributed by atoms with Gasteiger partial charge in [-0.05, 0) is 25.0 Å². The van der Waals surface area contributed by atoms with Gasteiger partial charge in [-0.2, -0.15) is 4.31 Å². The Morgan fingerprint density at radius 3 is 2.47 bits per heavy atom. The first-order valence-corrected chi connectivity index (χ1v) is 7.27. The molecule has 1 aromatic carbocycles. The topological polar surface area (TPSA) is 63.4 Å². The van der Waals surface area contributed by atoms with Crippen molar-refractivity contribution in [3.05, 3.63) is 22.2 Å². The minimum atomic E-state index is -3.58. The molecule has 2 N–H and O–H groups in total. The maximum Gasteiger partial charge on any atom is 0.244 e. The fraction of sp³-hybridized carbons (Fsp3) is 0.400. The van der Waals surface area contributed by atoms with Crippen LogP contribution in [-0.4, -0.2) is 25.8 Å². The number of halogens is 2. The van der Waals surface area contributed by atoms with Gasteiger partial charge in [0, 0.05) is 13.1 Å². The van der Waals surface area contributed by atoms with Crippen LogP contribution in [0.15, 0.2) is 17.0 Å². The number of nitrogens with zero attached hydrogens (tertiary/aromatic N) is 1. The average Bonchev–Trinajstić information content (AvgIpc) is 3.08. The van der Waals surface area contributed by atoms with E-state index in [9.17, 15) is 8.42 Å². The zero-order valence-electron chi connectivity index (χ0n) is 9.15. The predicted molar refractivity (Wildman–Crippen MR) is 68.8 cm³/mol. The van der Waals surface area contributed by atoms with Crippen LogP contribution in [0.25, 0.3) is 0 Å². The Morgan fingerprint density at radius 2 is 1.94 bits per heavy atom. The van der Waals surface area contributed by atoms with Crippen molar-refractivity contribution >= 4 is 38.9 Å². The smallest absolute Gasteiger partial charge is 0.244 e. The Balaban J connectivity index is 2.50. The fourth-order valence-electron chi connectivity index (χ4n) is 1.54. The number of rotatable bonds is 3. The molecule has 0 saturated heterocycles. The maximum atomic E-state index is 12.2. The number of anilines is 1. The van der Waals surface area contributed by atoms with E-state index in [-0.39, 0.29) is 26.7 Å². The largest absolute Gasteiger partial charge is 0.396 e. The van der Waals surface area contributed by atoms with Crippen molar-refractivity contribution in [3.8, 4) is 0 Å². The summed E-state index contributed by atoms with van der Waals surface area (Å²) < 4.78 is 25.8. The molecule has 0 unspecified atom stereocenters. The summed E-state index contributed by atoms with van der Waals surface area (Å²) >= 11 is 11.7. The van der Waals surface area contributed by atoms with Crippen LogP contribution in [0.5, 0.6) is 0 Å². The molecule has 0 aromatic heterocycles. The summed E-state index contributed by atoms with van der Waals surface area (Å²) in [7, 11) is -2.03. The molecule has 17 heavy (non-hydrogen) atoms. The lowest BCUT2D eigenvalue weighted by Crippen LogP contribution is -2.29. The number of hydrogen-bond donors (Lipinski definition) is 1. The van der Waals surface area contributed by atoms with Gasteiger partial charge < -0.3 is 5.73 Å². The second-order valence-corrected chi connectivity index (χ2v) is 6.78. The van der Waals surface area contributed by atoms with Crippen molar-refractivity contribution in [1.29, 1.82) is 0 Å². The molecular formula is C10H12Cl2N2O2S. The van der Waals surface area contributed by atoms with Gasteiger partial charge in [0.05, 0.1) is 15.7 Å². The molecule has 0 bridgehead atoms. The lowest BCUT2D eigenvalue weighted by Gasteiger charge is -2.18. The van der Waals surface area contributed by atoms with Gasteiger partial charge in [0.25, 0.3) is 0 Å². The molecule has 0 aliphatic heterocycles. The molecule has 2 rings (SSSR count). The van der Waals surface area contributed by atoms with Gasteiger partial charge in [0.15, 0.2) is 0 Å². The van der Waals surface area contributed by atoms with Crippen LogP contribution < -0.4 is 5.73 Å². The zero-order chi connectivity index (χ0) is 12.8. The van der Waals surface area contributed by atoms with E-state index in [2.05, 4.69) is 0 Å². The minimum Gasteiger partial charge on any atom is -0.396 e. The Morgan fingerprint density at radius 1 is 1.35 bits per heavy atom. The van der Waals surface area contributed by atoms with Gasteiger partial charge in [-0.15, -0.1) is 0 Å².